The summed E-state index contributed by atoms with van der Waals surface area (Å²) in [5.41, 5.74) is 2.29. The number of thiocarbonyl (C=S) groups is 1. The number of benzene rings is 2. The SMILES string of the molecule is CCCCC(=O)NC(=S)Nc1ccc2oc(-c3ccc(F)cc3Cl)nc2c1. The molecule has 1 amide bonds. The van der Waals surface area contributed by atoms with Gasteiger partial charge >= 0.3 is 0 Å². The van der Waals surface area contributed by atoms with Gasteiger partial charge in [-0.1, -0.05) is 24.9 Å². The van der Waals surface area contributed by atoms with E-state index in [4.69, 9.17) is 28.2 Å². The predicted molar refractivity (Wildman–Crippen MR) is 108 cm³/mol. The molecule has 3 rings (SSSR count). The van der Waals surface area contributed by atoms with Crippen LogP contribution in [0.1, 0.15) is 26.2 Å². The largest absolute Gasteiger partial charge is 0.436 e. The maximum atomic E-state index is 13.2. The molecule has 3 aromatic rings. The van der Waals surface area contributed by atoms with E-state index in [9.17, 15) is 9.18 Å². The Morgan fingerprint density at radius 1 is 1.30 bits per heavy atom. The number of halogens is 2. The zero-order valence-corrected chi connectivity index (χ0v) is 16.1. The highest BCUT2D eigenvalue weighted by Crippen LogP contribution is 2.31. The Labute approximate surface area is 165 Å². The van der Waals surface area contributed by atoms with Crippen LogP contribution in [0.15, 0.2) is 40.8 Å². The Balaban J connectivity index is 1.76. The first-order valence-corrected chi connectivity index (χ1v) is 9.21. The number of anilines is 1. The van der Waals surface area contributed by atoms with Crippen LogP contribution in [0, 0.1) is 5.82 Å². The molecule has 0 radical (unpaired) electrons. The zero-order valence-electron chi connectivity index (χ0n) is 14.5. The van der Waals surface area contributed by atoms with E-state index < -0.39 is 5.82 Å². The predicted octanol–water partition coefficient (Wildman–Crippen LogP) is 5.29. The number of unbranched alkanes of at least 4 members (excludes halogenated alkanes) is 1. The van der Waals surface area contributed by atoms with Gasteiger partial charge in [-0.15, -0.1) is 0 Å². The Bertz CT molecular complexity index is 1010. The van der Waals surface area contributed by atoms with Crippen LogP contribution < -0.4 is 10.6 Å². The monoisotopic (exact) mass is 405 g/mol. The summed E-state index contributed by atoms with van der Waals surface area (Å²) >= 11 is 11.2. The van der Waals surface area contributed by atoms with Gasteiger partial charge in [0.2, 0.25) is 11.8 Å². The van der Waals surface area contributed by atoms with Gasteiger partial charge in [0.25, 0.3) is 0 Å². The summed E-state index contributed by atoms with van der Waals surface area (Å²) in [5.74, 6) is -0.256. The van der Waals surface area contributed by atoms with Gasteiger partial charge in [0, 0.05) is 12.1 Å². The third-order valence-corrected chi connectivity index (χ3v) is 4.33. The molecule has 0 atom stereocenters. The minimum atomic E-state index is -0.430. The van der Waals surface area contributed by atoms with Crippen LogP contribution in [-0.4, -0.2) is 16.0 Å². The van der Waals surface area contributed by atoms with Crippen molar-refractivity contribution in [1.29, 1.82) is 0 Å². The van der Waals surface area contributed by atoms with Crippen LogP contribution >= 0.6 is 23.8 Å². The maximum Gasteiger partial charge on any atom is 0.228 e. The molecule has 0 aliphatic heterocycles. The van der Waals surface area contributed by atoms with Gasteiger partial charge in [0.15, 0.2) is 10.7 Å². The van der Waals surface area contributed by atoms with Crippen molar-refractivity contribution in [3.05, 3.63) is 47.2 Å². The first-order valence-electron chi connectivity index (χ1n) is 8.43. The van der Waals surface area contributed by atoms with E-state index in [1.54, 1.807) is 18.2 Å². The Hall–Kier alpha value is -2.51. The van der Waals surface area contributed by atoms with Crippen molar-refractivity contribution in [1.82, 2.24) is 10.3 Å². The minimum absolute atomic E-state index is 0.120. The number of amides is 1. The molecular formula is C19H17ClFN3O2S. The van der Waals surface area contributed by atoms with Crippen molar-refractivity contribution in [2.45, 2.75) is 26.2 Å². The molecule has 0 bridgehead atoms. The lowest BCUT2D eigenvalue weighted by molar-refractivity contribution is -0.119. The zero-order chi connectivity index (χ0) is 19.4. The minimum Gasteiger partial charge on any atom is -0.436 e. The summed E-state index contributed by atoms with van der Waals surface area (Å²) in [5, 5.41) is 6.03. The molecule has 0 fully saturated rings. The average molecular weight is 406 g/mol. The lowest BCUT2D eigenvalue weighted by Gasteiger charge is -2.09. The Morgan fingerprint density at radius 3 is 2.85 bits per heavy atom. The fraction of sp³-hybridized carbons (Fsp3) is 0.211. The molecule has 2 N–H and O–H groups in total. The van der Waals surface area contributed by atoms with Crippen LogP contribution in [0.4, 0.5) is 10.1 Å². The van der Waals surface area contributed by atoms with Crippen LogP contribution in [0.2, 0.25) is 5.02 Å². The van der Waals surface area contributed by atoms with Gasteiger partial charge in [0.1, 0.15) is 11.3 Å². The van der Waals surface area contributed by atoms with E-state index in [0.717, 1.165) is 12.8 Å². The normalized spacial score (nSPS) is 10.8. The molecule has 0 aliphatic carbocycles. The molecule has 1 aromatic heterocycles. The molecule has 5 nitrogen and oxygen atoms in total. The number of carbonyl (C=O) groups excluding carboxylic acids is 1. The standard InChI is InChI=1S/C19H17ClFN3O2S/c1-2-3-4-17(25)24-19(27)22-12-6-8-16-15(10-12)23-18(26-16)13-7-5-11(21)9-14(13)20/h5-10H,2-4H2,1H3,(H2,22,24,25,27). The summed E-state index contributed by atoms with van der Waals surface area (Å²) in [6, 6.07) is 9.25. The van der Waals surface area contributed by atoms with Crippen molar-refractivity contribution >= 4 is 51.6 Å². The van der Waals surface area contributed by atoms with E-state index >= 15 is 0 Å². The van der Waals surface area contributed by atoms with Crippen LogP contribution in [-0.2, 0) is 4.79 Å². The number of carbonyl (C=O) groups is 1. The lowest BCUT2D eigenvalue weighted by atomic mass is 10.2. The first-order chi connectivity index (χ1) is 13.0. The van der Waals surface area contributed by atoms with Crippen LogP contribution in [0.3, 0.4) is 0 Å². The van der Waals surface area contributed by atoms with Gasteiger partial charge in [-0.3, -0.25) is 4.79 Å². The topological polar surface area (TPSA) is 67.2 Å². The van der Waals surface area contributed by atoms with Gasteiger partial charge < -0.3 is 15.1 Å². The average Bonchev–Trinajstić information content (AvgIpc) is 3.02. The van der Waals surface area contributed by atoms with Crippen molar-refractivity contribution in [2.24, 2.45) is 0 Å². The maximum absolute atomic E-state index is 13.2. The second-order valence-corrected chi connectivity index (χ2v) is 6.75. The summed E-state index contributed by atoms with van der Waals surface area (Å²) in [4.78, 5) is 16.1. The highest BCUT2D eigenvalue weighted by molar-refractivity contribution is 7.80. The van der Waals surface area contributed by atoms with Crippen molar-refractivity contribution < 1.29 is 13.6 Å². The summed E-state index contributed by atoms with van der Waals surface area (Å²) < 4.78 is 18.9. The van der Waals surface area contributed by atoms with E-state index in [0.29, 0.717) is 34.7 Å². The van der Waals surface area contributed by atoms with E-state index in [1.165, 1.54) is 18.2 Å². The molecule has 0 saturated heterocycles. The van der Waals surface area contributed by atoms with Gasteiger partial charge in [-0.05, 0) is 55.0 Å². The summed E-state index contributed by atoms with van der Waals surface area (Å²) in [6.45, 7) is 2.02. The summed E-state index contributed by atoms with van der Waals surface area (Å²) in [6.07, 6.45) is 2.19. The molecule has 0 spiro atoms. The molecular weight excluding hydrogens is 389 g/mol. The number of aromatic nitrogens is 1. The Kier molecular flexibility index (Phi) is 6.03. The van der Waals surface area contributed by atoms with E-state index in [-0.39, 0.29) is 16.0 Å². The van der Waals surface area contributed by atoms with Gasteiger partial charge in [0.05, 0.1) is 10.6 Å². The van der Waals surface area contributed by atoms with Crippen LogP contribution in [0.5, 0.6) is 0 Å². The molecule has 2 aromatic carbocycles. The summed E-state index contributed by atoms with van der Waals surface area (Å²) in [7, 11) is 0. The second-order valence-electron chi connectivity index (χ2n) is 5.93. The highest BCUT2D eigenvalue weighted by Gasteiger charge is 2.13. The quantitative estimate of drug-likeness (QED) is 0.564. The molecule has 1 heterocycles. The smallest absolute Gasteiger partial charge is 0.228 e. The second kappa shape index (κ2) is 8.45. The first kappa shape index (κ1) is 19.3. The lowest BCUT2D eigenvalue weighted by Crippen LogP contribution is -2.33. The van der Waals surface area contributed by atoms with Gasteiger partial charge in [-0.25, -0.2) is 9.37 Å². The van der Waals surface area contributed by atoms with E-state index in [1.807, 2.05) is 6.92 Å². The fourth-order valence-corrected chi connectivity index (χ4v) is 2.95. The third-order valence-electron chi connectivity index (χ3n) is 3.82. The molecule has 0 saturated carbocycles. The van der Waals surface area contributed by atoms with Crippen molar-refractivity contribution in [3.63, 3.8) is 0 Å². The number of hydrogen-bond acceptors (Lipinski definition) is 4. The molecule has 140 valence electrons. The molecule has 8 heteroatoms. The molecule has 27 heavy (non-hydrogen) atoms. The van der Waals surface area contributed by atoms with Crippen molar-refractivity contribution in [2.75, 3.05) is 5.32 Å². The molecule has 0 unspecified atom stereocenters. The number of nitrogens with zero attached hydrogens (tertiary/aromatic N) is 1. The third kappa shape index (κ3) is 4.81. The number of fused-ring (bicyclic) bond motifs is 1. The Morgan fingerprint density at radius 2 is 2.11 bits per heavy atom. The molecule has 0 aliphatic rings. The van der Waals surface area contributed by atoms with Crippen LogP contribution in [0.25, 0.3) is 22.6 Å². The van der Waals surface area contributed by atoms with Gasteiger partial charge in [-0.2, -0.15) is 0 Å². The van der Waals surface area contributed by atoms with E-state index in [2.05, 4.69) is 15.6 Å². The number of nitrogens with one attached hydrogen (secondary N) is 2. The highest BCUT2D eigenvalue weighted by atomic mass is 35.5. The fourth-order valence-electron chi connectivity index (χ4n) is 2.47. The number of rotatable bonds is 5. The van der Waals surface area contributed by atoms with Crippen molar-refractivity contribution in [3.8, 4) is 11.5 Å². The number of hydrogen-bond donors (Lipinski definition) is 2. The number of oxazole rings is 1.